The van der Waals surface area contributed by atoms with Gasteiger partial charge in [-0.25, -0.2) is 0 Å². The van der Waals surface area contributed by atoms with E-state index in [-0.39, 0.29) is 34.9 Å². The van der Waals surface area contributed by atoms with Crippen LogP contribution in [-0.2, 0) is 0 Å². The van der Waals surface area contributed by atoms with Crippen molar-refractivity contribution in [2.75, 3.05) is 26.2 Å². The van der Waals surface area contributed by atoms with E-state index in [0.717, 1.165) is 57.8 Å². The highest BCUT2D eigenvalue weighted by molar-refractivity contribution is 5.99. The summed E-state index contributed by atoms with van der Waals surface area (Å²) in [7, 11) is 0. The van der Waals surface area contributed by atoms with Crippen LogP contribution in [0.3, 0.4) is 0 Å². The van der Waals surface area contributed by atoms with Crippen LogP contribution in [0.2, 0.25) is 0 Å². The molecule has 2 amide bonds. The van der Waals surface area contributed by atoms with E-state index in [2.05, 4.69) is 12.1 Å². The van der Waals surface area contributed by atoms with E-state index in [9.17, 15) is 14.4 Å². The molecule has 3 aliphatic rings. The molecule has 0 bridgehead atoms. The molecule has 6 nitrogen and oxygen atoms in total. The number of hydrogen-bond acceptors (Lipinski definition) is 3. The van der Waals surface area contributed by atoms with Crippen molar-refractivity contribution in [1.29, 1.82) is 0 Å². The molecule has 2 aromatic rings. The van der Waals surface area contributed by atoms with Gasteiger partial charge in [-0.2, -0.15) is 0 Å². The summed E-state index contributed by atoms with van der Waals surface area (Å²) < 4.78 is 2.00. The Hall–Kier alpha value is -2.89. The minimum atomic E-state index is -0.406. The maximum atomic E-state index is 13.7. The van der Waals surface area contributed by atoms with Crippen LogP contribution in [-0.4, -0.2) is 52.4 Å². The number of nitrogens with zero attached hydrogens (tertiary/aromatic N) is 3. The van der Waals surface area contributed by atoms with Gasteiger partial charge in [0.15, 0.2) is 0 Å². The summed E-state index contributed by atoms with van der Waals surface area (Å²) in [4.78, 5) is 44.2. The van der Waals surface area contributed by atoms with E-state index in [1.807, 2.05) is 27.7 Å². The smallest absolute Gasteiger partial charge is 0.259 e. The molecule has 1 aliphatic carbocycles. The van der Waals surface area contributed by atoms with Gasteiger partial charge in [-0.1, -0.05) is 43.2 Å². The monoisotopic (exact) mass is 461 g/mol. The Morgan fingerprint density at radius 2 is 1.32 bits per heavy atom. The SMILES string of the molecule is O=C(c1cn(C2CCCC2)cc(C(=O)N2CCCC(c3ccccc3)C2)c1=O)N1CCCCC1. The maximum Gasteiger partial charge on any atom is 0.259 e. The first-order chi connectivity index (χ1) is 16.6. The van der Waals surface area contributed by atoms with E-state index in [1.165, 1.54) is 5.56 Å². The lowest BCUT2D eigenvalue weighted by molar-refractivity contribution is 0.0703. The summed E-state index contributed by atoms with van der Waals surface area (Å²) in [6.45, 7) is 2.63. The molecular formula is C28H35N3O3. The molecule has 2 saturated heterocycles. The van der Waals surface area contributed by atoms with Crippen LogP contribution >= 0.6 is 0 Å². The molecule has 3 heterocycles. The lowest BCUT2D eigenvalue weighted by Crippen LogP contribution is -2.43. The van der Waals surface area contributed by atoms with Crippen LogP contribution in [0.5, 0.6) is 0 Å². The Balaban J connectivity index is 1.47. The van der Waals surface area contributed by atoms with E-state index in [1.54, 1.807) is 17.3 Å². The predicted octanol–water partition coefficient (Wildman–Crippen LogP) is 4.61. The number of amides is 2. The number of pyridine rings is 1. The quantitative estimate of drug-likeness (QED) is 0.668. The second-order valence-electron chi connectivity index (χ2n) is 10.2. The van der Waals surface area contributed by atoms with Crippen molar-refractivity contribution >= 4 is 11.8 Å². The van der Waals surface area contributed by atoms with Gasteiger partial charge in [0.2, 0.25) is 5.43 Å². The Bertz CT molecular complexity index is 1080. The third kappa shape index (κ3) is 4.68. The van der Waals surface area contributed by atoms with Crippen molar-refractivity contribution in [2.24, 2.45) is 0 Å². The number of aromatic nitrogens is 1. The Morgan fingerprint density at radius 1 is 0.706 bits per heavy atom. The fourth-order valence-electron chi connectivity index (χ4n) is 5.91. The molecule has 1 aromatic carbocycles. The lowest BCUT2D eigenvalue weighted by atomic mass is 9.90. The predicted molar refractivity (Wildman–Crippen MR) is 132 cm³/mol. The molecule has 3 fully saturated rings. The van der Waals surface area contributed by atoms with Gasteiger partial charge in [0.05, 0.1) is 0 Å². The minimum Gasteiger partial charge on any atom is -0.349 e. The first kappa shape index (κ1) is 22.9. The van der Waals surface area contributed by atoms with Crippen molar-refractivity contribution in [3.8, 4) is 0 Å². The summed E-state index contributed by atoms with van der Waals surface area (Å²) in [5.74, 6) is -0.174. The standard InChI is InChI=1S/C28H35N3O3/c32-26-24(27(33)29-15-7-2-8-16-29)19-31(23-13-5-6-14-23)20-25(26)28(34)30-17-9-12-22(18-30)21-10-3-1-4-11-21/h1,3-4,10-11,19-20,22-23H,2,5-9,12-18H2. The third-order valence-electron chi connectivity index (χ3n) is 7.88. The molecule has 180 valence electrons. The average molecular weight is 462 g/mol. The molecule has 1 aromatic heterocycles. The molecule has 5 rings (SSSR count). The fourth-order valence-corrected chi connectivity index (χ4v) is 5.91. The van der Waals surface area contributed by atoms with Crippen molar-refractivity contribution in [3.05, 3.63) is 69.6 Å². The Labute approximate surface area is 201 Å². The van der Waals surface area contributed by atoms with Crippen molar-refractivity contribution < 1.29 is 9.59 Å². The summed E-state index contributed by atoms with van der Waals surface area (Å²) in [5, 5.41) is 0. The maximum absolute atomic E-state index is 13.7. The van der Waals surface area contributed by atoms with Gasteiger partial charge in [0.1, 0.15) is 11.1 Å². The molecule has 1 unspecified atom stereocenters. The number of likely N-dealkylation sites (tertiary alicyclic amines) is 2. The summed E-state index contributed by atoms with van der Waals surface area (Å²) in [6, 6.07) is 10.6. The van der Waals surface area contributed by atoms with Crippen LogP contribution < -0.4 is 5.43 Å². The topological polar surface area (TPSA) is 62.6 Å². The number of carbonyl (C=O) groups is 2. The zero-order valence-electron chi connectivity index (χ0n) is 20.0. The fraction of sp³-hybridized carbons (Fsp3) is 0.536. The molecule has 1 atom stereocenters. The molecule has 34 heavy (non-hydrogen) atoms. The number of carbonyl (C=O) groups excluding carboxylic acids is 2. The number of benzene rings is 1. The largest absolute Gasteiger partial charge is 0.349 e. The van der Waals surface area contributed by atoms with Crippen LogP contribution in [0.4, 0.5) is 0 Å². The molecule has 2 aliphatic heterocycles. The summed E-state index contributed by atoms with van der Waals surface area (Å²) in [5.41, 5.74) is 1.15. The van der Waals surface area contributed by atoms with Crippen LogP contribution in [0.25, 0.3) is 0 Å². The zero-order chi connectivity index (χ0) is 23.5. The second-order valence-corrected chi connectivity index (χ2v) is 10.2. The zero-order valence-corrected chi connectivity index (χ0v) is 20.0. The number of piperidine rings is 2. The Kier molecular flexibility index (Phi) is 6.84. The molecular weight excluding hydrogens is 426 g/mol. The van der Waals surface area contributed by atoms with E-state index in [4.69, 9.17) is 0 Å². The van der Waals surface area contributed by atoms with Gasteiger partial charge in [-0.05, 0) is 50.5 Å². The minimum absolute atomic E-state index is 0.156. The van der Waals surface area contributed by atoms with Crippen molar-refractivity contribution in [3.63, 3.8) is 0 Å². The Morgan fingerprint density at radius 3 is 2.00 bits per heavy atom. The van der Waals surface area contributed by atoms with Gasteiger partial charge in [0, 0.05) is 50.5 Å². The molecule has 1 saturated carbocycles. The molecule has 0 radical (unpaired) electrons. The van der Waals surface area contributed by atoms with Gasteiger partial charge < -0.3 is 14.4 Å². The lowest BCUT2D eigenvalue weighted by Gasteiger charge is -2.33. The normalized spacial score (nSPS) is 21.6. The highest BCUT2D eigenvalue weighted by atomic mass is 16.2. The summed E-state index contributed by atoms with van der Waals surface area (Å²) in [6.07, 6.45) is 12.8. The molecule has 0 spiro atoms. The first-order valence-corrected chi connectivity index (χ1v) is 13.0. The first-order valence-electron chi connectivity index (χ1n) is 13.0. The molecule has 0 N–H and O–H groups in total. The van der Waals surface area contributed by atoms with Gasteiger partial charge >= 0.3 is 0 Å². The van der Waals surface area contributed by atoms with Crippen LogP contribution in [0, 0.1) is 0 Å². The van der Waals surface area contributed by atoms with Crippen molar-refractivity contribution in [2.45, 2.75) is 69.7 Å². The van der Waals surface area contributed by atoms with Crippen LogP contribution in [0.1, 0.15) is 96.0 Å². The van der Waals surface area contributed by atoms with Gasteiger partial charge in [-0.3, -0.25) is 14.4 Å². The molecule has 6 heteroatoms. The van der Waals surface area contributed by atoms with E-state index in [0.29, 0.717) is 26.2 Å². The second kappa shape index (κ2) is 10.2. The van der Waals surface area contributed by atoms with E-state index >= 15 is 0 Å². The average Bonchev–Trinajstić information content (AvgIpc) is 3.44. The number of hydrogen-bond donors (Lipinski definition) is 0. The van der Waals surface area contributed by atoms with E-state index < -0.39 is 5.43 Å². The third-order valence-corrected chi connectivity index (χ3v) is 7.88. The summed E-state index contributed by atoms with van der Waals surface area (Å²) >= 11 is 0. The number of rotatable bonds is 4. The van der Waals surface area contributed by atoms with Crippen molar-refractivity contribution in [1.82, 2.24) is 14.4 Å². The highest BCUT2D eigenvalue weighted by Gasteiger charge is 2.31. The van der Waals surface area contributed by atoms with Crippen LogP contribution in [0.15, 0.2) is 47.5 Å². The highest BCUT2D eigenvalue weighted by Crippen LogP contribution is 2.31. The van der Waals surface area contributed by atoms with Gasteiger partial charge in [0.25, 0.3) is 11.8 Å². The van der Waals surface area contributed by atoms with Gasteiger partial charge in [-0.15, -0.1) is 0 Å².